The summed E-state index contributed by atoms with van der Waals surface area (Å²) >= 11 is 5.94. The van der Waals surface area contributed by atoms with Crippen LogP contribution in [0.4, 0.5) is 18.9 Å². The summed E-state index contributed by atoms with van der Waals surface area (Å²) in [6, 6.07) is 4.80. The van der Waals surface area contributed by atoms with Crippen LogP contribution >= 0.6 is 11.6 Å². The number of halogens is 4. The van der Waals surface area contributed by atoms with Crippen molar-refractivity contribution in [3.05, 3.63) is 28.8 Å². The zero-order chi connectivity index (χ0) is 15.3. The van der Waals surface area contributed by atoms with Crippen molar-refractivity contribution < 1.29 is 13.2 Å². The second-order valence-corrected chi connectivity index (χ2v) is 5.33. The molecule has 0 aliphatic heterocycles. The van der Waals surface area contributed by atoms with Gasteiger partial charge in [0.25, 0.3) is 0 Å². The van der Waals surface area contributed by atoms with Gasteiger partial charge in [0.05, 0.1) is 0 Å². The third-order valence-corrected chi connectivity index (χ3v) is 3.13. The number of benzene rings is 1. The molecule has 0 heterocycles. The fourth-order valence-electron chi connectivity index (χ4n) is 1.95. The van der Waals surface area contributed by atoms with E-state index >= 15 is 0 Å². The molecule has 1 aromatic rings. The van der Waals surface area contributed by atoms with Crippen LogP contribution < -0.4 is 10.2 Å². The normalized spacial score (nSPS) is 12.0. The average Bonchev–Trinajstić information content (AvgIpc) is 2.33. The van der Waals surface area contributed by atoms with E-state index in [1.54, 1.807) is 32.0 Å². The average molecular weight is 309 g/mol. The van der Waals surface area contributed by atoms with Gasteiger partial charge in [-0.25, -0.2) is 0 Å². The van der Waals surface area contributed by atoms with E-state index in [-0.39, 0.29) is 6.04 Å². The molecule has 0 atom stereocenters. The topological polar surface area (TPSA) is 15.3 Å². The van der Waals surface area contributed by atoms with Gasteiger partial charge >= 0.3 is 6.18 Å². The lowest BCUT2D eigenvalue weighted by atomic mass is 10.1. The molecule has 0 aliphatic rings. The van der Waals surface area contributed by atoms with Gasteiger partial charge in [0, 0.05) is 23.3 Å². The lowest BCUT2D eigenvalue weighted by molar-refractivity contribution is -0.120. The summed E-state index contributed by atoms with van der Waals surface area (Å²) in [7, 11) is 0. The second-order valence-electron chi connectivity index (χ2n) is 4.89. The van der Waals surface area contributed by atoms with Crippen LogP contribution in [0.5, 0.6) is 0 Å². The number of hydrogen-bond donors (Lipinski definition) is 1. The van der Waals surface area contributed by atoms with Crippen LogP contribution in [-0.4, -0.2) is 25.3 Å². The van der Waals surface area contributed by atoms with Gasteiger partial charge in [-0.15, -0.1) is 0 Å². The van der Waals surface area contributed by atoms with Crippen molar-refractivity contribution in [2.45, 2.75) is 39.5 Å². The highest BCUT2D eigenvalue weighted by Crippen LogP contribution is 2.29. The third-order valence-electron chi connectivity index (χ3n) is 2.90. The van der Waals surface area contributed by atoms with Crippen molar-refractivity contribution in [1.29, 1.82) is 0 Å². The first kappa shape index (κ1) is 17.1. The minimum absolute atomic E-state index is 0.268. The summed E-state index contributed by atoms with van der Waals surface area (Å²) < 4.78 is 38.2. The molecule has 1 rings (SSSR count). The molecule has 0 saturated heterocycles. The molecule has 0 aliphatic carbocycles. The Morgan fingerprint density at radius 1 is 1.30 bits per heavy atom. The minimum atomic E-state index is -4.25. The Morgan fingerprint density at radius 3 is 2.45 bits per heavy atom. The highest BCUT2D eigenvalue weighted by atomic mass is 35.5. The number of nitrogens with zero attached hydrogens (tertiary/aromatic N) is 1. The Bertz CT molecular complexity index is 433. The van der Waals surface area contributed by atoms with E-state index in [2.05, 4.69) is 5.32 Å². The zero-order valence-corrected chi connectivity index (χ0v) is 12.6. The Morgan fingerprint density at radius 2 is 1.95 bits per heavy atom. The highest BCUT2D eigenvalue weighted by Gasteiger charge is 2.32. The zero-order valence-electron chi connectivity index (χ0n) is 11.9. The summed E-state index contributed by atoms with van der Waals surface area (Å²) in [5, 5.41) is 3.57. The molecule has 0 radical (unpaired) electrons. The summed E-state index contributed by atoms with van der Waals surface area (Å²) in [5.41, 5.74) is 1.35. The molecule has 1 N–H and O–H groups in total. The molecular weight excluding hydrogens is 289 g/mol. The molecule has 6 heteroatoms. The number of nitrogens with one attached hydrogen (secondary N) is 1. The van der Waals surface area contributed by atoms with E-state index in [0.29, 0.717) is 17.3 Å². The lowest BCUT2D eigenvalue weighted by Crippen LogP contribution is -2.40. The Labute approximate surface area is 122 Å². The maximum Gasteiger partial charge on any atom is 0.405 e. The molecule has 0 spiro atoms. The van der Waals surface area contributed by atoms with Crippen LogP contribution in [0.2, 0.25) is 5.02 Å². The van der Waals surface area contributed by atoms with E-state index in [1.807, 2.05) is 6.92 Å². The standard InChI is InChI=1S/C14H20ClF3N2/c1-4-19-8-11-5-6-12(15)7-13(11)20(10(2)3)9-14(16,17)18/h5-7,10,19H,4,8-9H2,1-3H3. The fraction of sp³-hybridized carbons (Fsp3) is 0.571. The van der Waals surface area contributed by atoms with Crippen molar-refractivity contribution in [2.24, 2.45) is 0 Å². The number of alkyl halides is 3. The molecule has 20 heavy (non-hydrogen) atoms. The first-order valence-corrected chi connectivity index (χ1v) is 6.95. The van der Waals surface area contributed by atoms with Crippen LogP contribution in [0.1, 0.15) is 26.3 Å². The molecule has 0 fully saturated rings. The van der Waals surface area contributed by atoms with Crippen LogP contribution in [0.25, 0.3) is 0 Å². The van der Waals surface area contributed by atoms with Crippen LogP contribution in [-0.2, 0) is 6.54 Å². The smallest absolute Gasteiger partial charge is 0.360 e. The number of anilines is 1. The summed E-state index contributed by atoms with van der Waals surface area (Å²) in [4.78, 5) is 1.33. The summed E-state index contributed by atoms with van der Waals surface area (Å²) in [6.07, 6.45) is -4.25. The van der Waals surface area contributed by atoms with Gasteiger partial charge in [0.1, 0.15) is 6.54 Å². The van der Waals surface area contributed by atoms with Crippen molar-refractivity contribution in [3.63, 3.8) is 0 Å². The van der Waals surface area contributed by atoms with Gasteiger partial charge in [-0.1, -0.05) is 24.6 Å². The highest BCUT2D eigenvalue weighted by molar-refractivity contribution is 6.30. The van der Waals surface area contributed by atoms with Gasteiger partial charge in [-0.2, -0.15) is 13.2 Å². The van der Waals surface area contributed by atoms with Crippen molar-refractivity contribution in [1.82, 2.24) is 5.32 Å². The summed E-state index contributed by atoms with van der Waals surface area (Å²) in [5.74, 6) is 0. The Balaban J connectivity index is 3.13. The molecule has 0 bridgehead atoms. The van der Waals surface area contributed by atoms with E-state index in [4.69, 9.17) is 11.6 Å². The molecule has 2 nitrogen and oxygen atoms in total. The maximum atomic E-state index is 12.7. The van der Waals surface area contributed by atoms with Gasteiger partial charge in [0.15, 0.2) is 0 Å². The second kappa shape index (κ2) is 7.18. The Kier molecular flexibility index (Phi) is 6.14. The van der Waals surface area contributed by atoms with Gasteiger partial charge in [-0.05, 0) is 38.1 Å². The monoisotopic (exact) mass is 308 g/mol. The van der Waals surface area contributed by atoms with Crippen molar-refractivity contribution in [2.75, 3.05) is 18.0 Å². The first-order chi connectivity index (χ1) is 9.24. The van der Waals surface area contributed by atoms with Gasteiger partial charge in [0.2, 0.25) is 0 Å². The molecule has 1 aromatic carbocycles. The van der Waals surface area contributed by atoms with Crippen LogP contribution in [0.15, 0.2) is 18.2 Å². The molecule has 0 aromatic heterocycles. The van der Waals surface area contributed by atoms with E-state index < -0.39 is 12.7 Å². The fourth-order valence-corrected chi connectivity index (χ4v) is 2.12. The summed E-state index contributed by atoms with van der Waals surface area (Å²) in [6.45, 7) is 5.72. The van der Waals surface area contributed by atoms with E-state index in [0.717, 1.165) is 12.1 Å². The molecule has 114 valence electrons. The predicted molar refractivity (Wildman–Crippen MR) is 77.4 cm³/mol. The molecule has 0 unspecified atom stereocenters. The number of rotatable bonds is 6. The molecule has 0 amide bonds. The molecule has 0 saturated carbocycles. The van der Waals surface area contributed by atoms with E-state index in [1.165, 1.54) is 4.90 Å². The first-order valence-electron chi connectivity index (χ1n) is 6.57. The lowest BCUT2D eigenvalue weighted by Gasteiger charge is -2.32. The Hall–Kier alpha value is -0.940. The van der Waals surface area contributed by atoms with Crippen LogP contribution in [0, 0.1) is 0 Å². The number of hydrogen-bond acceptors (Lipinski definition) is 2. The minimum Gasteiger partial charge on any atom is -0.360 e. The van der Waals surface area contributed by atoms with Crippen molar-refractivity contribution in [3.8, 4) is 0 Å². The predicted octanol–water partition coefficient (Wildman–Crippen LogP) is 4.23. The van der Waals surface area contributed by atoms with Crippen LogP contribution in [0.3, 0.4) is 0 Å². The molecular formula is C14H20ClF3N2. The SMILES string of the molecule is CCNCc1ccc(Cl)cc1N(CC(F)(F)F)C(C)C. The maximum absolute atomic E-state index is 12.7. The third kappa shape index (κ3) is 5.21. The largest absolute Gasteiger partial charge is 0.405 e. The van der Waals surface area contributed by atoms with Gasteiger partial charge in [-0.3, -0.25) is 0 Å². The quantitative estimate of drug-likeness (QED) is 0.846. The van der Waals surface area contributed by atoms with E-state index in [9.17, 15) is 13.2 Å². The van der Waals surface area contributed by atoms with Gasteiger partial charge < -0.3 is 10.2 Å². The van der Waals surface area contributed by atoms with Crippen molar-refractivity contribution >= 4 is 17.3 Å².